The second-order valence-corrected chi connectivity index (χ2v) is 19.4. The molecule has 0 aromatic carbocycles. The topological polar surface area (TPSA) is 256 Å². The molecule has 65 heavy (non-hydrogen) atoms. The van der Waals surface area contributed by atoms with Crippen LogP contribution in [0.15, 0.2) is 48.6 Å². The first-order chi connectivity index (χ1) is 31.1. The summed E-state index contributed by atoms with van der Waals surface area (Å²) in [5.41, 5.74) is 0. The highest BCUT2D eigenvalue weighted by molar-refractivity contribution is 7.47. The number of allylic oxidation sites excluding steroid dienone is 8. The van der Waals surface area contributed by atoms with Crippen LogP contribution in [-0.4, -0.2) is 103 Å². The molecule has 0 bridgehead atoms. The van der Waals surface area contributed by atoms with Crippen molar-refractivity contribution >= 4 is 27.6 Å². The fourth-order valence-electron chi connectivity index (χ4n) is 7.13. The van der Waals surface area contributed by atoms with E-state index in [1.165, 1.54) is 70.6 Å². The maximum atomic E-state index is 13.0. The van der Waals surface area contributed by atoms with E-state index >= 15 is 0 Å². The molecular formula is C47H84O16P2. The Morgan fingerprint density at radius 3 is 1.38 bits per heavy atom. The summed E-state index contributed by atoms with van der Waals surface area (Å²) in [5, 5.41) is 41.2. The lowest BCUT2D eigenvalue weighted by atomic mass is 9.85. The van der Waals surface area contributed by atoms with Crippen molar-refractivity contribution in [3.63, 3.8) is 0 Å². The largest absolute Gasteiger partial charge is 0.472 e. The molecule has 1 aliphatic rings. The lowest BCUT2D eigenvalue weighted by Crippen LogP contribution is -2.64. The van der Waals surface area contributed by atoms with Gasteiger partial charge in [0.1, 0.15) is 43.2 Å². The second kappa shape index (κ2) is 37.9. The Labute approximate surface area is 388 Å². The summed E-state index contributed by atoms with van der Waals surface area (Å²) in [5.74, 6) is -1.24. The summed E-state index contributed by atoms with van der Waals surface area (Å²) in [7, 11) is -10.7. The maximum absolute atomic E-state index is 13.0. The van der Waals surface area contributed by atoms with E-state index in [0.717, 1.165) is 70.6 Å². The van der Waals surface area contributed by atoms with Crippen LogP contribution < -0.4 is 0 Å². The van der Waals surface area contributed by atoms with Gasteiger partial charge in [-0.2, -0.15) is 0 Å². The van der Waals surface area contributed by atoms with Crippen LogP contribution in [0.5, 0.6) is 0 Å². The highest BCUT2D eigenvalue weighted by atomic mass is 31.2. The number of aliphatic hydroxyl groups excluding tert-OH is 4. The van der Waals surface area contributed by atoms with E-state index in [4.69, 9.17) is 18.5 Å². The number of hydrogen-bond donors (Lipinski definition) is 7. The van der Waals surface area contributed by atoms with Gasteiger partial charge in [-0.3, -0.25) is 23.2 Å². The minimum atomic E-state index is -5.37. The number of aliphatic hydroxyl groups is 4. The molecule has 0 aliphatic heterocycles. The summed E-state index contributed by atoms with van der Waals surface area (Å²) in [6.45, 7) is 3.05. The molecule has 7 N–H and O–H groups in total. The van der Waals surface area contributed by atoms with Gasteiger partial charge in [-0.05, 0) is 57.8 Å². The number of ether oxygens (including phenoxy) is 2. The van der Waals surface area contributed by atoms with Crippen molar-refractivity contribution in [1.82, 2.24) is 0 Å². The number of carbonyl (C=O) groups excluding carboxylic acids is 2. The quantitative estimate of drug-likeness (QED) is 0.0131. The molecular weight excluding hydrogens is 882 g/mol. The van der Waals surface area contributed by atoms with Gasteiger partial charge in [0.25, 0.3) is 0 Å². The van der Waals surface area contributed by atoms with E-state index < -0.39 is 83.5 Å². The monoisotopic (exact) mass is 967 g/mol. The number of phosphoric acid groups is 2. The van der Waals surface area contributed by atoms with E-state index in [2.05, 4.69) is 67.0 Å². The lowest BCUT2D eigenvalue weighted by Gasteiger charge is -2.43. The molecule has 16 nitrogen and oxygen atoms in total. The van der Waals surface area contributed by atoms with E-state index in [1.54, 1.807) is 0 Å². The zero-order chi connectivity index (χ0) is 48.2. The number of rotatable bonds is 40. The first-order valence-electron chi connectivity index (χ1n) is 24.2. The number of phosphoric ester groups is 2. The smallest absolute Gasteiger partial charge is 0.462 e. The van der Waals surface area contributed by atoms with Gasteiger partial charge in [0.2, 0.25) is 0 Å². The molecule has 0 saturated heterocycles. The summed E-state index contributed by atoms with van der Waals surface area (Å²) >= 11 is 0. The Morgan fingerprint density at radius 2 is 0.892 bits per heavy atom. The third-order valence-corrected chi connectivity index (χ3v) is 12.4. The maximum Gasteiger partial charge on any atom is 0.472 e. The van der Waals surface area contributed by atoms with Crippen LogP contribution in [0, 0.1) is 0 Å². The molecule has 1 fully saturated rings. The Bertz CT molecular complexity index is 1450. The third kappa shape index (κ3) is 32.4. The highest BCUT2D eigenvalue weighted by Gasteiger charge is 2.54. The number of esters is 2. The molecule has 18 heteroatoms. The van der Waals surface area contributed by atoms with Crippen molar-refractivity contribution in [3.05, 3.63) is 48.6 Å². The molecule has 0 aromatic rings. The molecule has 0 spiro atoms. The van der Waals surface area contributed by atoms with Crippen molar-refractivity contribution in [2.75, 3.05) is 13.2 Å². The van der Waals surface area contributed by atoms with Crippen molar-refractivity contribution < 1.29 is 76.9 Å². The molecule has 1 rings (SSSR count). The van der Waals surface area contributed by atoms with E-state index in [-0.39, 0.29) is 12.8 Å². The fraction of sp³-hybridized carbons (Fsp3) is 0.787. The summed E-state index contributed by atoms with van der Waals surface area (Å²) in [4.78, 5) is 54.3. The molecule has 1 saturated carbocycles. The normalized spacial score (nSPS) is 22.0. The van der Waals surface area contributed by atoms with Crippen LogP contribution in [0.2, 0.25) is 0 Å². The van der Waals surface area contributed by atoms with Gasteiger partial charge in [-0.1, -0.05) is 159 Å². The van der Waals surface area contributed by atoms with Gasteiger partial charge in [-0.25, -0.2) is 9.13 Å². The van der Waals surface area contributed by atoms with Crippen molar-refractivity contribution in [2.45, 2.75) is 224 Å². The Kier molecular flexibility index (Phi) is 35.5. The van der Waals surface area contributed by atoms with Crippen molar-refractivity contribution in [1.29, 1.82) is 0 Å². The van der Waals surface area contributed by atoms with Crippen molar-refractivity contribution in [2.24, 2.45) is 0 Å². The third-order valence-electron chi connectivity index (χ3n) is 10.9. The highest BCUT2D eigenvalue weighted by Crippen LogP contribution is 2.49. The average Bonchev–Trinajstić information content (AvgIpc) is 3.26. The van der Waals surface area contributed by atoms with Crippen LogP contribution in [0.3, 0.4) is 0 Å². The summed E-state index contributed by atoms with van der Waals surface area (Å²) < 4.78 is 49.3. The standard InChI is InChI=1S/C47H84O16P2/c1-3-5-7-9-11-13-15-17-18-19-20-21-22-24-25-27-29-31-33-35-40(48)59-37-39(61-41(49)36-34-32-30-28-26-23-16-14-12-10-8-6-4-2)38-60-65(57,58)63-47-44(52)42(50)43(51)46(45(47)53)62-64(54,55)56/h11,13,17-18,20-21,24-25,39,42-47,50-53H,3-10,12,14-16,19,22-23,26-38H2,1-2H3,(H,57,58)(H2,54,55,56)/b13-11-,18-17-,21-20-,25-24-/t39-,42?,43?,44?,45?,46-,47+/m1/s1. The SMILES string of the molecule is CCCCC/C=C\C/C=C\C/C=C\C/C=C\CCCCCC(=O)OC[C@H](COP(=O)(O)O[C@H]1C(O)C(O)C(O)[C@@H](OP(=O)(O)O)C1O)OC(=O)CCCCCCCCCCCCCCC. The summed E-state index contributed by atoms with van der Waals surface area (Å²) in [6, 6.07) is 0. The Hall–Kier alpha value is -2.04. The van der Waals surface area contributed by atoms with Gasteiger partial charge in [0, 0.05) is 12.8 Å². The van der Waals surface area contributed by atoms with Crippen LogP contribution in [0.1, 0.15) is 181 Å². The molecule has 5 unspecified atom stereocenters. The first-order valence-corrected chi connectivity index (χ1v) is 27.2. The van der Waals surface area contributed by atoms with Gasteiger partial charge >= 0.3 is 27.6 Å². The second-order valence-electron chi connectivity index (χ2n) is 16.8. The average molecular weight is 967 g/mol. The molecule has 1 aliphatic carbocycles. The number of hydrogen-bond acceptors (Lipinski definition) is 13. The Morgan fingerprint density at radius 1 is 0.492 bits per heavy atom. The van der Waals surface area contributed by atoms with Crippen LogP contribution in [0.25, 0.3) is 0 Å². The lowest BCUT2D eigenvalue weighted by molar-refractivity contribution is -0.216. The van der Waals surface area contributed by atoms with E-state index in [0.29, 0.717) is 12.8 Å². The predicted molar refractivity (Wildman–Crippen MR) is 250 cm³/mol. The van der Waals surface area contributed by atoms with Gasteiger partial charge < -0.3 is 44.6 Å². The zero-order valence-electron chi connectivity index (χ0n) is 39.2. The molecule has 0 aromatic heterocycles. The van der Waals surface area contributed by atoms with Gasteiger partial charge in [0.15, 0.2) is 6.10 Å². The van der Waals surface area contributed by atoms with Crippen molar-refractivity contribution in [3.8, 4) is 0 Å². The van der Waals surface area contributed by atoms with Gasteiger partial charge in [0.05, 0.1) is 6.61 Å². The van der Waals surface area contributed by atoms with Crippen LogP contribution >= 0.6 is 15.6 Å². The Balaban J connectivity index is 2.59. The fourth-order valence-corrected chi connectivity index (χ4v) is 8.67. The molecule has 0 radical (unpaired) electrons. The van der Waals surface area contributed by atoms with Crippen LogP contribution in [0.4, 0.5) is 0 Å². The number of unbranched alkanes of at least 4 members (excludes halogenated alkanes) is 18. The van der Waals surface area contributed by atoms with Gasteiger partial charge in [-0.15, -0.1) is 0 Å². The number of carbonyl (C=O) groups is 2. The molecule has 0 amide bonds. The minimum Gasteiger partial charge on any atom is -0.462 e. The molecule has 8 atom stereocenters. The minimum absolute atomic E-state index is 0.0383. The predicted octanol–water partition coefficient (Wildman–Crippen LogP) is 9.29. The zero-order valence-corrected chi connectivity index (χ0v) is 40.9. The van der Waals surface area contributed by atoms with Crippen LogP contribution in [-0.2, 0) is 41.8 Å². The van der Waals surface area contributed by atoms with E-state index in [1.807, 2.05) is 0 Å². The summed E-state index contributed by atoms with van der Waals surface area (Å²) in [6.07, 6.45) is 27.8. The molecule has 378 valence electrons. The first kappa shape index (κ1) is 61.0. The van der Waals surface area contributed by atoms with E-state index in [9.17, 15) is 53.8 Å². The molecule has 0 heterocycles.